The fourth-order valence-electron chi connectivity index (χ4n) is 4.52. The monoisotopic (exact) mass is 428 g/mol. The number of carbonyl (C=O) groups is 3. The van der Waals surface area contributed by atoms with E-state index in [0.29, 0.717) is 38.3 Å². The summed E-state index contributed by atoms with van der Waals surface area (Å²) in [6.45, 7) is 3.78. The van der Waals surface area contributed by atoms with Gasteiger partial charge in [-0.15, -0.1) is 0 Å². The van der Waals surface area contributed by atoms with Crippen molar-refractivity contribution in [2.24, 2.45) is 5.92 Å². The molecule has 2 saturated heterocycles. The van der Waals surface area contributed by atoms with E-state index in [9.17, 15) is 14.4 Å². The predicted octanol–water partition coefficient (Wildman–Crippen LogP) is 2.50. The van der Waals surface area contributed by atoms with E-state index in [4.69, 9.17) is 0 Å². The maximum absolute atomic E-state index is 12.6. The zero-order valence-electron chi connectivity index (χ0n) is 18.8. The SMILES string of the molecule is CN(CCc1ccccn1)C(=O)CC[C@H]1CCCN(C(=O)CCCN2CCCC2=O)C1. The summed E-state index contributed by atoms with van der Waals surface area (Å²) in [7, 11) is 1.85. The van der Waals surface area contributed by atoms with Crippen molar-refractivity contribution in [2.75, 3.05) is 39.8 Å². The summed E-state index contributed by atoms with van der Waals surface area (Å²) in [6, 6.07) is 5.84. The smallest absolute Gasteiger partial charge is 0.222 e. The number of pyridine rings is 1. The van der Waals surface area contributed by atoms with Gasteiger partial charge in [0.25, 0.3) is 0 Å². The molecule has 2 fully saturated rings. The number of hydrogen-bond acceptors (Lipinski definition) is 4. The highest BCUT2D eigenvalue weighted by molar-refractivity contribution is 5.78. The van der Waals surface area contributed by atoms with Gasteiger partial charge in [0.15, 0.2) is 0 Å². The van der Waals surface area contributed by atoms with Crippen LogP contribution in [0, 0.1) is 5.92 Å². The van der Waals surface area contributed by atoms with Crippen LogP contribution in [0.5, 0.6) is 0 Å². The molecule has 0 aliphatic carbocycles. The Morgan fingerprint density at radius 1 is 1.19 bits per heavy atom. The maximum atomic E-state index is 12.6. The third-order valence-electron chi connectivity index (χ3n) is 6.48. The average Bonchev–Trinajstić information content (AvgIpc) is 3.21. The molecule has 1 aromatic rings. The Kier molecular flexibility index (Phi) is 8.85. The molecule has 2 aliphatic rings. The van der Waals surface area contributed by atoms with E-state index in [0.717, 1.165) is 63.9 Å². The van der Waals surface area contributed by atoms with Gasteiger partial charge < -0.3 is 14.7 Å². The van der Waals surface area contributed by atoms with Crippen LogP contribution in [0.15, 0.2) is 24.4 Å². The number of hydrogen-bond donors (Lipinski definition) is 0. The quantitative estimate of drug-likeness (QED) is 0.574. The first-order chi connectivity index (χ1) is 15.0. The van der Waals surface area contributed by atoms with Crippen LogP contribution >= 0.6 is 0 Å². The van der Waals surface area contributed by atoms with Crippen LogP contribution in [0.3, 0.4) is 0 Å². The standard InChI is InChI=1S/C24H36N4O3/c1-26(18-13-21-8-2-3-14-25-21)22(29)12-11-20-7-4-17-28(19-20)24(31)10-6-16-27-15-5-9-23(27)30/h2-3,8,14,20H,4-7,9-13,15-19H2,1H3/t20-/m1/s1. The van der Waals surface area contributed by atoms with Gasteiger partial charge in [-0.2, -0.15) is 0 Å². The van der Waals surface area contributed by atoms with Crippen molar-refractivity contribution in [1.29, 1.82) is 0 Å². The van der Waals surface area contributed by atoms with Crippen LogP contribution in [0.25, 0.3) is 0 Å². The Morgan fingerprint density at radius 3 is 2.81 bits per heavy atom. The third kappa shape index (κ3) is 7.33. The van der Waals surface area contributed by atoms with Gasteiger partial charge in [0.05, 0.1) is 0 Å². The van der Waals surface area contributed by atoms with E-state index in [1.165, 1.54) is 0 Å². The van der Waals surface area contributed by atoms with E-state index in [1.807, 2.05) is 35.0 Å². The van der Waals surface area contributed by atoms with Crippen molar-refractivity contribution < 1.29 is 14.4 Å². The second-order valence-electron chi connectivity index (χ2n) is 8.86. The zero-order chi connectivity index (χ0) is 22.1. The molecule has 0 bridgehead atoms. The van der Waals surface area contributed by atoms with Crippen LogP contribution in [0.1, 0.15) is 57.1 Å². The molecule has 31 heavy (non-hydrogen) atoms. The summed E-state index contributed by atoms with van der Waals surface area (Å²) < 4.78 is 0. The van der Waals surface area contributed by atoms with Crippen LogP contribution in [-0.4, -0.2) is 77.2 Å². The molecule has 2 aliphatic heterocycles. The molecule has 1 aromatic heterocycles. The van der Waals surface area contributed by atoms with E-state index in [-0.39, 0.29) is 17.7 Å². The van der Waals surface area contributed by atoms with Gasteiger partial charge in [0, 0.05) is 77.3 Å². The second kappa shape index (κ2) is 11.8. The van der Waals surface area contributed by atoms with E-state index in [1.54, 1.807) is 11.1 Å². The summed E-state index contributed by atoms with van der Waals surface area (Å²) in [5.74, 6) is 0.968. The van der Waals surface area contributed by atoms with Gasteiger partial charge in [0.1, 0.15) is 0 Å². The normalized spacial score (nSPS) is 19.0. The molecule has 0 aromatic carbocycles. The topological polar surface area (TPSA) is 73.8 Å². The molecule has 0 radical (unpaired) electrons. The number of aromatic nitrogens is 1. The first-order valence-electron chi connectivity index (χ1n) is 11.7. The average molecular weight is 429 g/mol. The first kappa shape index (κ1) is 23.2. The summed E-state index contributed by atoms with van der Waals surface area (Å²) >= 11 is 0. The highest BCUT2D eigenvalue weighted by Gasteiger charge is 2.25. The Labute approximate surface area is 185 Å². The van der Waals surface area contributed by atoms with Crippen LogP contribution in [-0.2, 0) is 20.8 Å². The molecule has 7 heteroatoms. The molecule has 7 nitrogen and oxygen atoms in total. The zero-order valence-corrected chi connectivity index (χ0v) is 18.8. The Balaban J connectivity index is 1.33. The minimum Gasteiger partial charge on any atom is -0.345 e. The van der Waals surface area contributed by atoms with Crippen LogP contribution in [0.2, 0.25) is 0 Å². The maximum Gasteiger partial charge on any atom is 0.222 e. The lowest BCUT2D eigenvalue weighted by Gasteiger charge is -2.33. The van der Waals surface area contributed by atoms with Crippen LogP contribution in [0.4, 0.5) is 0 Å². The van der Waals surface area contributed by atoms with E-state index in [2.05, 4.69) is 4.98 Å². The van der Waals surface area contributed by atoms with Gasteiger partial charge in [0.2, 0.25) is 17.7 Å². The lowest BCUT2D eigenvalue weighted by molar-refractivity contribution is -0.134. The summed E-state index contributed by atoms with van der Waals surface area (Å²) in [5.41, 5.74) is 0.998. The number of nitrogens with zero attached hydrogens (tertiary/aromatic N) is 4. The molecular weight excluding hydrogens is 392 g/mol. The molecule has 0 N–H and O–H groups in total. The van der Waals surface area contributed by atoms with E-state index < -0.39 is 0 Å². The van der Waals surface area contributed by atoms with Crippen molar-refractivity contribution in [3.8, 4) is 0 Å². The third-order valence-corrected chi connectivity index (χ3v) is 6.48. The largest absolute Gasteiger partial charge is 0.345 e. The lowest BCUT2D eigenvalue weighted by atomic mass is 9.93. The summed E-state index contributed by atoms with van der Waals surface area (Å²) in [5, 5.41) is 0. The van der Waals surface area contributed by atoms with Crippen molar-refractivity contribution in [2.45, 2.75) is 57.8 Å². The Bertz CT molecular complexity index is 740. The number of carbonyl (C=O) groups excluding carboxylic acids is 3. The molecule has 3 rings (SSSR count). The fraction of sp³-hybridized carbons (Fsp3) is 0.667. The summed E-state index contributed by atoms with van der Waals surface area (Å²) in [4.78, 5) is 46.7. The first-order valence-corrected chi connectivity index (χ1v) is 11.7. The molecule has 0 unspecified atom stereocenters. The van der Waals surface area contributed by atoms with Gasteiger partial charge in [-0.05, 0) is 50.2 Å². The fourth-order valence-corrected chi connectivity index (χ4v) is 4.52. The second-order valence-corrected chi connectivity index (χ2v) is 8.86. The predicted molar refractivity (Wildman–Crippen MR) is 119 cm³/mol. The van der Waals surface area contributed by atoms with E-state index >= 15 is 0 Å². The summed E-state index contributed by atoms with van der Waals surface area (Å²) in [6.07, 6.45) is 8.83. The van der Waals surface area contributed by atoms with Gasteiger partial charge in [-0.1, -0.05) is 6.07 Å². The van der Waals surface area contributed by atoms with Crippen molar-refractivity contribution in [1.82, 2.24) is 19.7 Å². The number of likely N-dealkylation sites (N-methyl/N-ethyl adjacent to an activating group) is 1. The molecular formula is C24H36N4O3. The Morgan fingerprint density at radius 2 is 2.06 bits per heavy atom. The Hall–Kier alpha value is -2.44. The lowest BCUT2D eigenvalue weighted by Crippen LogP contribution is -2.40. The van der Waals surface area contributed by atoms with Crippen molar-refractivity contribution >= 4 is 17.7 Å². The van der Waals surface area contributed by atoms with Crippen molar-refractivity contribution in [3.05, 3.63) is 30.1 Å². The van der Waals surface area contributed by atoms with Crippen LogP contribution < -0.4 is 0 Å². The van der Waals surface area contributed by atoms with Crippen molar-refractivity contribution in [3.63, 3.8) is 0 Å². The highest BCUT2D eigenvalue weighted by atomic mass is 16.2. The molecule has 0 saturated carbocycles. The number of likely N-dealkylation sites (tertiary alicyclic amines) is 2. The molecule has 170 valence electrons. The molecule has 1 atom stereocenters. The van der Waals surface area contributed by atoms with Gasteiger partial charge in [-0.25, -0.2) is 0 Å². The molecule has 3 heterocycles. The molecule has 3 amide bonds. The molecule has 0 spiro atoms. The number of rotatable bonds is 10. The number of piperidine rings is 1. The number of amides is 3. The van der Waals surface area contributed by atoms with Gasteiger partial charge >= 0.3 is 0 Å². The minimum absolute atomic E-state index is 0.162. The minimum atomic E-state index is 0.162. The highest BCUT2D eigenvalue weighted by Crippen LogP contribution is 2.22. The van der Waals surface area contributed by atoms with Gasteiger partial charge in [-0.3, -0.25) is 19.4 Å².